The number of hydrogen-bond donors (Lipinski definition) is 4. The van der Waals surface area contributed by atoms with E-state index in [1.165, 1.54) is 11.3 Å². The first-order valence-electron chi connectivity index (χ1n) is 12.6. The standard InChI is InChI=1S/C25H32ClN9O3S/c1-30-22(37)14(4-2-3-7-31-25(28)29)8-20(36)18-13-39-23(33-18)19-9-16(27)11-35(19)24(38)17-12-34-10-15(26)5-6-21(34)32-17/h5-6,10,12-14,16,19H,2-4,7-9,11,27H2,1H3,(H,30,37)(H4,28,29,31)/t14-,16+,19+/m1/s1. The molecule has 14 heteroatoms. The quantitative estimate of drug-likeness (QED) is 0.115. The first-order chi connectivity index (χ1) is 18.7. The number of ketones is 1. The Morgan fingerprint density at radius 3 is 2.74 bits per heavy atom. The van der Waals surface area contributed by atoms with Crippen LogP contribution in [0.1, 0.15) is 64.1 Å². The van der Waals surface area contributed by atoms with E-state index in [0.717, 1.165) is 0 Å². The molecule has 0 saturated carbocycles. The summed E-state index contributed by atoms with van der Waals surface area (Å²) in [5, 5.41) is 5.47. The van der Waals surface area contributed by atoms with Gasteiger partial charge < -0.3 is 31.8 Å². The highest BCUT2D eigenvalue weighted by atomic mass is 35.5. The minimum Gasteiger partial charge on any atom is -0.370 e. The number of unbranched alkanes of at least 4 members (excludes halogenated alkanes) is 1. The number of pyridine rings is 1. The van der Waals surface area contributed by atoms with Crippen LogP contribution in [0.2, 0.25) is 5.02 Å². The molecular formula is C25H32ClN9O3S. The average Bonchev–Trinajstić information content (AvgIpc) is 3.64. The second-order valence-corrected chi connectivity index (χ2v) is 10.8. The van der Waals surface area contributed by atoms with Crippen molar-refractivity contribution in [1.29, 1.82) is 0 Å². The summed E-state index contributed by atoms with van der Waals surface area (Å²) in [6.45, 7) is 0.813. The summed E-state index contributed by atoms with van der Waals surface area (Å²) in [6.07, 6.45) is 5.78. The van der Waals surface area contributed by atoms with Gasteiger partial charge in [0.1, 0.15) is 22.0 Å². The largest absolute Gasteiger partial charge is 0.370 e. The number of nitrogens with one attached hydrogen (secondary N) is 1. The Hall–Kier alpha value is -3.55. The predicted octanol–water partition coefficient (Wildman–Crippen LogP) is 1.74. The molecule has 208 valence electrons. The molecule has 3 aromatic rings. The number of nitrogens with zero attached hydrogens (tertiary/aromatic N) is 5. The van der Waals surface area contributed by atoms with Crippen molar-refractivity contribution in [3.8, 4) is 0 Å². The molecule has 1 aliphatic heterocycles. The Balaban J connectivity index is 1.44. The van der Waals surface area contributed by atoms with Crippen LogP contribution in [0.15, 0.2) is 34.9 Å². The van der Waals surface area contributed by atoms with Crippen molar-refractivity contribution in [1.82, 2.24) is 24.6 Å². The fourth-order valence-electron chi connectivity index (χ4n) is 4.68. The fourth-order valence-corrected chi connectivity index (χ4v) is 5.80. The molecule has 3 atom stereocenters. The molecule has 1 aliphatic rings. The number of aromatic nitrogens is 3. The molecule has 2 amide bonds. The number of likely N-dealkylation sites (tertiary alicyclic amines) is 1. The summed E-state index contributed by atoms with van der Waals surface area (Å²) in [7, 11) is 1.55. The van der Waals surface area contributed by atoms with Gasteiger partial charge in [0.05, 0.1) is 11.1 Å². The maximum atomic E-state index is 13.4. The number of fused-ring (bicyclic) bond motifs is 1. The number of carbonyl (C=O) groups excluding carboxylic acids is 3. The van der Waals surface area contributed by atoms with Gasteiger partial charge in [-0.3, -0.25) is 19.4 Å². The van der Waals surface area contributed by atoms with Crippen LogP contribution in [0.3, 0.4) is 0 Å². The summed E-state index contributed by atoms with van der Waals surface area (Å²) in [5.41, 5.74) is 18.1. The maximum Gasteiger partial charge on any atom is 0.274 e. The van der Waals surface area contributed by atoms with Gasteiger partial charge in [0, 0.05) is 56.3 Å². The number of nitrogens with two attached hydrogens (primary N) is 3. The average molecular weight is 574 g/mol. The van der Waals surface area contributed by atoms with Crippen LogP contribution < -0.4 is 22.5 Å². The van der Waals surface area contributed by atoms with E-state index < -0.39 is 5.92 Å². The number of halogens is 1. The van der Waals surface area contributed by atoms with Crippen LogP contribution in [0.25, 0.3) is 5.65 Å². The van der Waals surface area contributed by atoms with Crippen molar-refractivity contribution in [3.63, 3.8) is 0 Å². The van der Waals surface area contributed by atoms with Gasteiger partial charge in [-0.15, -0.1) is 11.3 Å². The molecule has 7 N–H and O–H groups in total. The number of Topliss-reactive ketones (excluding diaryl/α,β-unsaturated/α-hetero) is 1. The molecule has 4 rings (SSSR count). The van der Waals surface area contributed by atoms with E-state index >= 15 is 0 Å². The van der Waals surface area contributed by atoms with E-state index in [9.17, 15) is 14.4 Å². The normalized spacial score (nSPS) is 17.8. The van der Waals surface area contributed by atoms with E-state index in [4.69, 9.17) is 28.8 Å². The SMILES string of the molecule is CNC(=O)[C@H](CCCCN=C(N)N)CC(=O)c1csc([C@@H]2C[C@H](N)CN2C(=O)c2cn3cc(Cl)ccc3n2)n1. The second-order valence-electron chi connectivity index (χ2n) is 9.52. The topological polar surface area (TPSA) is 187 Å². The summed E-state index contributed by atoms with van der Waals surface area (Å²) < 4.78 is 1.70. The Morgan fingerprint density at radius 2 is 2.00 bits per heavy atom. The zero-order valence-electron chi connectivity index (χ0n) is 21.5. The molecule has 0 aromatic carbocycles. The minimum atomic E-state index is -0.492. The Kier molecular flexibility index (Phi) is 9.15. The van der Waals surface area contributed by atoms with Crippen molar-refractivity contribution >= 4 is 52.1 Å². The van der Waals surface area contributed by atoms with Gasteiger partial charge in [0.15, 0.2) is 11.7 Å². The van der Waals surface area contributed by atoms with Gasteiger partial charge in [-0.2, -0.15) is 0 Å². The minimum absolute atomic E-state index is 0.0270. The van der Waals surface area contributed by atoms with Crippen LogP contribution in [0.5, 0.6) is 0 Å². The predicted molar refractivity (Wildman–Crippen MR) is 150 cm³/mol. The number of guanidine groups is 1. The van der Waals surface area contributed by atoms with E-state index in [0.29, 0.717) is 54.5 Å². The van der Waals surface area contributed by atoms with E-state index in [-0.39, 0.29) is 53.4 Å². The van der Waals surface area contributed by atoms with Gasteiger partial charge in [0.2, 0.25) is 5.91 Å². The zero-order chi connectivity index (χ0) is 28.1. The highest BCUT2D eigenvalue weighted by Gasteiger charge is 2.38. The number of carbonyl (C=O) groups is 3. The van der Waals surface area contributed by atoms with Gasteiger partial charge in [-0.25, -0.2) is 9.97 Å². The van der Waals surface area contributed by atoms with Gasteiger partial charge in [0.25, 0.3) is 5.91 Å². The summed E-state index contributed by atoms with van der Waals surface area (Å²) >= 11 is 7.37. The smallest absolute Gasteiger partial charge is 0.274 e. The summed E-state index contributed by atoms with van der Waals surface area (Å²) in [5.74, 6) is -1.16. The lowest BCUT2D eigenvalue weighted by Crippen LogP contribution is -2.33. The molecule has 0 aliphatic carbocycles. The lowest BCUT2D eigenvalue weighted by Gasteiger charge is -2.21. The third kappa shape index (κ3) is 6.91. The van der Waals surface area contributed by atoms with Crippen LogP contribution in [-0.2, 0) is 4.79 Å². The van der Waals surface area contributed by atoms with E-state index in [1.807, 2.05) is 0 Å². The van der Waals surface area contributed by atoms with Crippen LogP contribution in [-0.4, -0.2) is 69.0 Å². The fraction of sp³-hybridized carbons (Fsp3) is 0.440. The Bertz CT molecular complexity index is 1380. The first-order valence-corrected chi connectivity index (χ1v) is 13.9. The number of amides is 2. The van der Waals surface area contributed by atoms with Crippen LogP contribution >= 0.6 is 22.9 Å². The zero-order valence-corrected chi connectivity index (χ0v) is 23.1. The number of thiazole rings is 1. The molecule has 0 radical (unpaired) electrons. The Labute approximate surface area is 234 Å². The van der Waals surface area contributed by atoms with Gasteiger partial charge in [-0.1, -0.05) is 18.0 Å². The third-order valence-corrected chi connectivity index (χ3v) is 7.79. The Morgan fingerprint density at radius 1 is 1.21 bits per heavy atom. The molecule has 12 nitrogen and oxygen atoms in total. The summed E-state index contributed by atoms with van der Waals surface area (Å²) in [6, 6.07) is 2.84. The van der Waals surface area contributed by atoms with Crippen LogP contribution in [0.4, 0.5) is 0 Å². The molecule has 0 bridgehead atoms. The second kappa shape index (κ2) is 12.5. The number of hydrogen-bond acceptors (Lipinski definition) is 8. The van der Waals surface area contributed by atoms with E-state index in [1.54, 1.807) is 46.3 Å². The van der Waals surface area contributed by atoms with Crippen molar-refractivity contribution < 1.29 is 14.4 Å². The van der Waals surface area contributed by atoms with E-state index in [2.05, 4.69) is 20.3 Å². The van der Waals surface area contributed by atoms with Crippen molar-refractivity contribution in [2.24, 2.45) is 28.1 Å². The number of rotatable bonds is 11. The molecule has 3 aromatic heterocycles. The maximum absolute atomic E-state index is 13.4. The molecule has 0 spiro atoms. The summed E-state index contributed by atoms with van der Waals surface area (Å²) in [4.78, 5) is 53.5. The number of imidazole rings is 1. The molecule has 4 heterocycles. The van der Waals surface area contributed by atoms with Crippen molar-refractivity contribution in [3.05, 3.63) is 51.3 Å². The third-order valence-electron chi connectivity index (χ3n) is 6.63. The van der Waals surface area contributed by atoms with Crippen LogP contribution in [0, 0.1) is 5.92 Å². The molecular weight excluding hydrogens is 542 g/mol. The highest BCUT2D eigenvalue weighted by molar-refractivity contribution is 7.09. The van der Waals surface area contributed by atoms with Gasteiger partial charge in [-0.05, 0) is 31.4 Å². The van der Waals surface area contributed by atoms with Crippen molar-refractivity contribution in [2.75, 3.05) is 20.1 Å². The van der Waals surface area contributed by atoms with Gasteiger partial charge >= 0.3 is 0 Å². The molecule has 39 heavy (non-hydrogen) atoms. The molecule has 1 fully saturated rings. The number of aliphatic imine (C=N–C) groups is 1. The monoisotopic (exact) mass is 573 g/mol. The first kappa shape index (κ1) is 28.5. The molecule has 0 unspecified atom stereocenters. The lowest BCUT2D eigenvalue weighted by atomic mass is 9.94. The molecule has 1 saturated heterocycles. The lowest BCUT2D eigenvalue weighted by molar-refractivity contribution is -0.124. The van der Waals surface area contributed by atoms with Crippen molar-refractivity contribution in [2.45, 2.75) is 44.2 Å². The highest BCUT2D eigenvalue weighted by Crippen LogP contribution is 2.35.